The summed E-state index contributed by atoms with van der Waals surface area (Å²) in [6, 6.07) is 6.24. The quantitative estimate of drug-likeness (QED) is 0.767. The number of rotatable bonds is 3. The van der Waals surface area contributed by atoms with Crippen molar-refractivity contribution in [3.63, 3.8) is 0 Å². The molecule has 1 aliphatic rings. The van der Waals surface area contributed by atoms with Gasteiger partial charge in [0.25, 0.3) is 11.8 Å². The third-order valence-corrected chi connectivity index (χ3v) is 7.07. The van der Waals surface area contributed by atoms with E-state index in [1.807, 2.05) is 6.07 Å². The largest absolute Gasteiger partial charge is 0.279 e. The van der Waals surface area contributed by atoms with Crippen LogP contribution in [0, 0.1) is 12.8 Å². The van der Waals surface area contributed by atoms with Gasteiger partial charge in [0.05, 0.1) is 9.77 Å². The number of hydrazine groups is 1. The molecular formula is C19H22N2O4S2. The fraction of sp³-hybridized carbons (Fsp3) is 0.368. The first-order valence-electron chi connectivity index (χ1n) is 8.68. The van der Waals surface area contributed by atoms with Crippen LogP contribution in [-0.2, 0) is 22.7 Å². The van der Waals surface area contributed by atoms with Crippen LogP contribution in [0.25, 0.3) is 0 Å². The van der Waals surface area contributed by atoms with Gasteiger partial charge in [-0.05, 0) is 61.4 Å². The van der Waals surface area contributed by atoms with Gasteiger partial charge in [0.1, 0.15) is 0 Å². The van der Waals surface area contributed by atoms with Gasteiger partial charge in [0.2, 0.25) is 0 Å². The van der Waals surface area contributed by atoms with Crippen molar-refractivity contribution in [2.45, 2.75) is 38.0 Å². The molecule has 0 unspecified atom stereocenters. The van der Waals surface area contributed by atoms with Gasteiger partial charge in [-0.2, -0.15) is 0 Å². The number of amides is 2. The first kappa shape index (κ1) is 19.6. The van der Waals surface area contributed by atoms with Crippen LogP contribution in [0.4, 0.5) is 0 Å². The summed E-state index contributed by atoms with van der Waals surface area (Å²) in [6.07, 6.45) is 4.17. The van der Waals surface area contributed by atoms with Gasteiger partial charge in [-0.3, -0.25) is 20.4 Å². The summed E-state index contributed by atoms with van der Waals surface area (Å²) in [5.74, 6) is -0.304. The molecule has 0 saturated carbocycles. The molecule has 0 fully saturated rings. The van der Waals surface area contributed by atoms with E-state index in [-0.39, 0.29) is 16.4 Å². The molecule has 1 aromatic carbocycles. The van der Waals surface area contributed by atoms with Crippen molar-refractivity contribution in [3.8, 4) is 0 Å². The number of thiophene rings is 1. The van der Waals surface area contributed by atoms with Gasteiger partial charge >= 0.3 is 0 Å². The number of fused-ring (bicyclic) bond motifs is 1. The topological polar surface area (TPSA) is 92.3 Å². The van der Waals surface area contributed by atoms with Gasteiger partial charge in [0, 0.05) is 16.7 Å². The van der Waals surface area contributed by atoms with E-state index in [0.717, 1.165) is 25.5 Å². The molecule has 3 rings (SSSR count). The zero-order chi connectivity index (χ0) is 19.8. The summed E-state index contributed by atoms with van der Waals surface area (Å²) in [5, 5.41) is 0. The molecule has 0 aliphatic heterocycles. The van der Waals surface area contributed by atoms with Crippen LogP contribution in [-0.4, -0.2) is 26.5 Å². The Balaban J connectivity index is 1.70. The Morgan fingerprint density at radius 2 is 1.85 bits per heavy atom. The van der Waals surface area contributed by atoms with Crippen LogP contribution in [0.3, 0.4) is 0 Å². The standard InChI is InChI=1S/C19H22N2O4S2/c1-11-4-7-16-13(8-11)9-17(26-16)19(23)21-20-18(22)15-10-14(27(3,24)25)6-5-12(15)2/h5-6,9-11H,4,7-8H2,1-3H3,(H,20,22)(H,21,23)/t11-/m0/s1. The van der Waals surface area contributed by atoms with Gasteiger partial charge in [0.15, 0.2) is 9.84 Å². The van der Waals surface area contributed by atoms with Crippen molar-refractivity contribution in [2.24, 2.45) is 5.92 Å². The Morgan fingerprint density at radius 3 is 2.56 bits per heavy atom. The summed E-state index contributed by atoms with van der Waals surface area (Å²) in [6.45, 7) is 3.91. The summed E-state index contributed by atoms with van der Waals surface area (Å²) in [5.41, 5.74) is 6.85. The van der Waals surface area contributed by atoms with E-state index in [1.54, 1.807) is 13.0 Å². The van der Waals surface area contributed by atoms with Crippen molar-refractivity contribution in [1.29, 1.82) is 0 Å². The summed E-state index contributed by atoms with van der Waals surface area (Å²) in [7, 11) is -3.42. The SMILES string of the molecule is Cc1ccc(S(C)(=O)=O)cc1C(=O)NNC(=O)c1cc2c(s1)CC[C@H](C)C2. The lowest BCUT2D eigenvalue weighted by molar-refractivity contribution is 0.0848. The fourth-order valence-electron chi connectivity index (χ4n) is 3.14. The Labute approximate surface area is 162 Å². The molecule has 0 saturated heterocycles. The molecule has 0 bridgehead atoms. The average molecular weight is 407 g/mol. The molecule has 1 heterocycles. The van der Waals surface area contributed by atoms with Crippen LogP contribution in [0.1, 0.15) is 49.4 Å². The van der Waals surface area contributed by atoms with Crippen molar-refractivity contribution < 1.29 is 18.0 Å². The van der Waals surface area contributed by atoms with Gasteiger partial charge in [-0.1, -0.05) is 13.0 Å². The van der Waals surface area contributed by atoms with Gasteiger partial charge in [-0.15, -0.1) is 11.3 Å². The number of aryl methyl sites for hydroxylation is 2. The van der Waals surface area contributed by atoms with E-state index in [9.17, 15) is 18.0 Å². The number of nitrogens with one attached hydrogen (secondary N) is 2. The molecule has 144 valence electrons. The normalized spacial score (nSPS) is 16.5. The number of sulfone groups is 1. The predicted molar refractivity (Wildman–Crippen MR) is 105 cm³/mol. The maximum Gasteiger partial charge on any atom is 0.279 e. The summed E-state index contributed by atoms with van der Waals surface area (Å²) in [4.78, 5) is 26.6. The Hall–Kier alpha value is -2.19. The van der Waals surface area contributed by atoms with Crippen LogP contribution < -0.4 is 10.9 Å². The lowest BCUT2D eigenvalue weighted by Gasteiger charge is -2.16. The molecule has 1 aromatic heterocycles. The molecule has 1 atom stereocenters. The Kier molecular flexibility index (Phi) is 5.39. The van der Waals surface area contributed by atoms with E-state index >= 15 is 0 Å². The molecule has 8 heteroatoms. The molecule has 1 aliphatic carbocycles. The molecular weight excluding hydrogens is 384 g/mol. The Bertz CT molecular complexity index is 1010. The van der Waals surface area contributed by atoms with E-state index in [1.165, 1.54) is 33.9 Å². The maximum absolute atomic E-state index is 12.4. The lowest BCUT2D eigenvalue weighted by atomic mass is 9.90. The van der Waals surface area contributed by atoms with Crippen LogP contribution in [0.5, 0.6) is 0 Å². The minimum Gasteiger partial charge on any atom is -0.267 e. The smallest absolute Gasteiger partial charge is 0.267 e. The zero-order valence-electron chi connectivity index (χ0n) is 15.5. The Morgan fingerprint density at radius 1 is 1.15 bits per heavy atom. The third kappa shape index (κ3) is 4.39. The number of hydrogen-bond donors (Lipinski definition) is 2. The zero-order valence-corrected chi connectivity index (χ0v) is 17.1. The number of carbonyl (C=O) groups excluding carboxylic acids is 2. The summed E-state index contributed by atoms with van der Waals surface area (Å²) >= 11 is 1.46. The highest BCUT2D eigenvalue weighted by molar-refractivity contribution is 7.90. The van der Waals surface area contributed by atoms with Crippen LogP contribution in [0.15, 0.2) is 29.2 Å². The van der Waals surface area contributed by atoms with Crippen molar-refractivity contribution >= 4 is 33.0 Å². The lowest BCUT2D eigenvalue weighted by Crippen LogP contribution is -2.41. The van der Waals surface area contributed by atoms with Crippen molar-refractivity contribution in [3.05, 3.63) is 50.7 Å². The molecule has 2 N–H and O–H groups in total. The third-order valence-electron chi connectivity index (χ3n) is 4.72. The minimum atomic E-state index is -3.42. The first-order chi connectivity index (χ1) is 12.6. The average Bonchev–Trinajstić information content (AvgIpc) is 3.02. The van der Waals surface area contributed by atoms with E-state index in [0.29, 0.717) is 16.4 Å². The van der Waals surface area contributed by atoms with Crippen LogP contribution >= 0.6 is 11.3 Å². The monoisotopic (exact) mass is 406 g/mol. The van der Waals surface area contributed by atoms with Gasteiger partial charge in [-0.25, -0.2) is 8.42 Å². The second-order valence-electron chi connectivity index (χ2n) is 7.06. The highest BCUT2D eigenvalue weighted by atomic mass is 32.2. The molecule has 27 heavy (non-hydrogen) atoms. The van der Waals surface area contributed by atoms with E-state index in [4.69, 9.17) is 0 Å². The van der Waals surface area contributed by atoms with Crippen molar-refractivity contribution in [1.82, 2.24) is 10.9 Å². The number of benzene rings is 1. The molecule has 6 nitrogen and oxygen atoms in total. The van der Waals surface area contributed by atoms with Gasteiger partial charge < -0.3 is 0 Å². The van der Waals surface area contributed by atoms with E-state index in [2.05, 4.69) is 17.8 Å². The molecule has 2 amide bonds. The predicted octanol–water partition coefficient (Wildman–Crippen LogP) is 2.66. The molecule has 0 spiro atoms. The highest BCUT2D eigenvalue weighted by Crippen LogP contribution is 2.32. The molecule has 0 radical (unpaired) electrons. The summed E-state index contributed by atoms with van der Waals surface area (Å²) < 4.78 is 23.4. The van der Waals surface area contributed by atoms with E-state index < -0.39 is 15.7 Å². The highest BCUT2D eigenvalue weighted by Gasteiger charge is 2.21. The second-order valence-corrected chi connectivity index (χ2v) is 10.2. The second kappa shape index (κ2) is 7.44. The van der Waals surface area contributed by atoms with Crippen LogP contribution in [0.2, 0.25) is 0 Å². The fourth-order valence-corrected chi connectivity index (χ4v) is 4.89. The number of hydrogen-bond acceptors (Lipinski definition) is 5. The maximum atomic E-state index is 12.4. The first-order valence-corrected chi connectivity index (χ1v) is 11.4. The van der Waals surface area contributed by atoms with Crippen molar-refractivity contribution in [2.75, 3.05) is 6.26 Å². The minimum absolute atomic E-state index is 0.0598. The molecule has 2 aromatic rings. The number of carbonyl (C=O) groups is 2.